The summed E-state index contributed by atoms with van der Waals surface area (Å²) >= 11 is 0. The largest absolute Gasteiger partial charge is 0.494 e. The Morgan fingerprint density at radius 3 is 2.29 bits per heavy atom. The van der Waals surface area contributed by atoms with Crippen molar-refractivity contribution in [2.75, 3.05) is 33.9 Å². The third kappa shape index (κ3) is 12.8. The van der Waals surface area contributed by atoms with Crippen LogP contribution in [-0.2, 0) is 22.5 Å². The molecule has 0 spiro atoms. The minimum atomic E-state index is -0.126. The fraction of sp³-hybridized carbons (Fsp3) is 0.581. The van der Waals surface area contributed by atoms with Gasteiger partial charge in [-0.2, -0.15) is 0 Å². The molecule has 0 bridgehead atoms. The Morgan fingerprint density at radius 2 is 1.51 bits per heavy atom. The van der Waals surface area contributed by atoms with Gasteiger partial charge in [0.2, 0.25) is 0 Å². The van der Waals surface area contributed by atoms with Crippen LogP contribution in [-0.4, -0.2) is 44.3 Å². The molecule has 0 N–H and O–H groups in total. The highest BCUT2D eigenvalue weighted by atomic mass is 16.5. The highest BCUT2D eigenvalue weighted by Crippen LogP contribution is 2.17. The number of nitrogens with zero attached hydrogens (tertiary/aromatic N) is 1. The number of carbonyl (C=O) groups excluding carboxylic acids is 1. The Kier molecular flexibility index (Phi) is 13.5. The zero-order chi connectivity index (χ0) is 25.4. The number of benzene rings is 2. The first kappa shape index (κ1) is 28.9. The summed E-state index contributed by atoms with van der Waals surface area (Å²) in [5.41, 5.74) is 2.64. The van der Waals surface area contributed by atoms with Gasteiger partial charge in [0.15, 0.2) is 0 Å². The first-order chi connectivity index (χ1) is 16.9. The van der Waals surface area contributed by atoms with E-state index in [1.807, 2.05) is 19.1 Å². The van der Waals surface area contributed by atoms with Crippen molar-refractivity contribution in [1.29, 1.82) is 0 Å². The number of ether oxygens (including phenoxy) is 2. The molecule has 2 aromatic carbocycles. The summed E-state index contributed by atoms with van der Waals surface area (Å²) in [5.74, 6) is 0.712. The molecule has 0 saturated carbocycles. The fourth-order valence-electron chi connectivity index (χ4n) is 4.57. The number of quaternary nitrogens is 1. The molecule has 2 rings (SSSR count). The molecule has 0 aliphatic carbocycles. The normalized spacial score (nSPS) is 12.3. The number of carbonyl (C=O) groups is 1. The van der Waals surface area contributed by atoms with Crippen LogP contribution in [0.1, 0.15) is 76.3 Å². The van der Waals surface area contributed by atoms with Crippen LogP contribution in [0, 0.1) is 5.92 Å². The molecule has 0 fully saturated rings. The van der Waals surface area contributed by atoms with E-state index in [0.717, 1.165) is 42.6 Å². The van der Waals surface area contributed by atoms with Crippen LogP contribution in [0.4, 0.5) is 0 Å². The van der Waals surface area contributed by atoms with E-state index in [4.69, 9.17) is 9.47 Å². The van der Waals surface area contributed by atoms with Gasteiger partial charge < -0.3 is 14.0 Å². The van der Waals surface area contributed by atoms with Crippen LogP contribution in [0.5, 0.6) is 5.75 Å². The lowest BCUT2D eigenvalue weighted by atomic mass is 10.0. The van der Waals surface area contributed by atoms with Gasteiger partial charge in [-0.05, 0) is 50.3 Å². The van der Waals surface area contributed by atoms with E-state index in [-0.39, 0.29) is 11.9 Å². The Labute approximate surface area is 214 Å². The average Bonchev–Trinajstić information content (AvgIpc) is 2.83. The van der Waals surface area contributed by atoms with E-state index in [2.05, 4.69) is 63.5 Å². The van der Waals surface area contributed by atoms with E-state index in [1.54, 1.807) is 0 Å². The molecule has 0 saturated heterocycles. The van der Waals surface area contributed by atoms with Crippen LogP contribution in [0.3, 0.4) is 0 Å². The van der Waals surface area contributed by atoms with E-state index >= 15 is 0 Å². The Hall–Kier alpha value is -2.33. The number of rotatable bonds is 18. The summed E-state index contributed by atoms with van der Waals surface area (Å²) < 4.78 is 12.2. The molecular weight excluding hydrogens is 434 g/mol. The molecule has 0 heterocycles. The molecule has 0 aromatic heterocycles. The van der Waals surface area contributed by atoms with Crippen molar-refractivity contribution in [2.45, 2.75) is 78.2 Å². The van der Waals surface area contributed by atoms with Crippen molar-refractivity contribution < 1.29 is 18.8 Å². The molecule has 1 atom stereocenters. The van der Waals surface area contributed by atoms with Crippen LogP contribution < -0.4 is 4.74 Å². The average molecular weight is 483 g/mol. The second-order valence-corrected chi connectivity index (χ2v) is 10.6. The lowest BCUT2D eigenvalue weighted by Gasteiger charge is -2.31. The van der Waals surface area contributed by atoms with E-state index < -0.39 is 0 Å². The van der Waals surface area contributed by atoms with Crippen LogP contribution in [0.15, 0.2) is 54.6 Å². The number of hydrogen-bond acceptors (Lipinski definition) is 3. The maximum absolute atomic E-state index is 12.5. The van der Waals surface area contributed by atoms with Gasteiger partial charge in [0.05, 0.1) is 33.9 Å². The van der Waals surface area contributed by atoms with Crippen molar-refractivity contribution in [3.63, 3.8) is 0 Å². The first-order valence-corrected chi connectivity index (χ1v) is 13.6. The minimum Gasteiger partial charge on any atom is -0.494 e. The fourth-order valence-corrected chi connectivity index (χ4v) is 4.57. The number of unbranched alkanes of at least 4 members (excludes halogenated alkanes) is 6. The lowest BCUT2D eigenvalue weighted by molar-refractivity contribution is -0.905. The van der Waals surface area contributed by atoms with Gasteiger partial charge >= 0.3 is 5.97 Å². The van der Waals surface area contributed by atoms with E-state index in [0.29, 0.717) is 13.2 Å². The minimum absolute atomic E-state index is 0.104. The van der Waals surface area contributed by atoms with Crippen LogP contribution >= 0.6 is 0 Å². The molecule has 4 heteroatoms. The van der Waals surface area contributed by atoms with Gasteiger partial charge in [0.25, 0.3) is 0 Å². The second kappa shape index (κ2) is 16.4. The summed E-state index contributed by atoms with van der Waals surface area (Å²) in [6.45, 7) is 6.98. The smallest absolute Gasteiger partial charge is 0.314 e. The number of aryl methyl sites for hydroxylation is 1. The van der Waals surface area contributed by atoms with E-state index in [9.17, 15) is 4.79 Å². The van der Waals surface area contributed by atoms with Crippen LogP contribution in [0.25, 0.3) is 0 Å². The molecule has 0 aliphatic rings. The van der Waals surface area contributed by atoms with Gasteiger partial charge in [-0.3, -0.25) is 4.79 Å². The molecule has 2 aromatic rings. The summed E-state index contributed by atoms with van der Waals surface area (Å²) in [4.78, 5) is 12.5. The predicted molar refractivity (Wildman–Crippen MR) is 145 cm³/mol. The third-order valence-electron chi connectivity index (χ3n) is 6.39. The SMILES string of the molecule is CCCCCCCCc1cccc(OCCCCOC(=O)C(C)C[N+](C)(C)Cc2ccccc2)c1. The highest BCUT2D eigenvalue weighted by molar-refractivity contribution is 5.72. The van der Waals surface area contributed by atoms with Crippen LogP contribution in [0.2, 0.25) is 0 Å². The monoisotopic (exact) mass is 482 g/mol. The summed E-state index contributed by atoms with van der Waals surface area (Å²) in [6.07, 6.45) is 10.7. The molecule has 1 unspecified atom stereocenters. The third-order valence-corrected chi connectivity index (χ3v) is 6.39. The summed E-state index contributed by atoms with van der Waals surface area (Å²) in [6, 6.07) is 18.9. The molecule has 194 valence electrons. The zero-order valence-electron chi connectivity index (χ0n) is 22.6. The van der Waals surface area contributed by atoms with E-state index in [1.165, 1.54) is 49.7 Å². The van der Waals surface area contributed by atoms with Crippen molar-refractivity contribution in [3.05, 3.63) is 65.7 Å². The van der Waals surface area contributed by atoms with Crippen molar-refractivity contribution in [3.8, 4) is 5.75 Å². The maximum Gasteiger partial charge on any atom is 0.314 e. The maximum atomic E-state index is 12.5. The summed E-state index contributed by atoms with van der Waals surface area (Å²) in [7, 11) is 4.33. The van der Waals surface area contributed by atoms with Gasteiger partial charge in [-0.15, -0.1) is 0 Å². The first-order valence-electron chi connectivity index (χ1n) is 13.6. The number of hydrogen-bond donors (Lipinski definition) is 0. The van der Waals surface area contributed by atoms with Gasteiger partial charge in [-0.1, -0.05) is 81.5 Å². The Bertz CT molecular complexity index is 834. The predicted octanol–water partition coefficient (Wildman–Crippen LogP) is 7.20. The highest BCUT2D eigenvalue weighted by Gasteiger charge is 2.25. The molecule has 0 aliphatic heterocycles. The van der Waals surface area contributed by atoms with Crippen molar-refractivity contribution in [1.82, 2.24) is 0 Å². The molecule has 0 amide bonds. The molecule has 35 heavy (non-hydrogen) atoms. The topological polar surface area (TPSA) is 35.5 Å². The van der Waals surface area contributed by atoms with Gasteiger partial charge in [-0.25, -0.2) is 0 Å². The molecule has 0 radical (unpaired) electrons. The Morgan fingerprint density at radius 1 is 0.829 bits per heavy atom. The standard InChI is InChI=1S/C31H48NO3/c1-5-6-7-8-9-11-17-28-20-16-21-30(24-28)34-22-14-15-23-35-31(33)27(2)25-32(3,4)26-29-18-12-10-13-19-29/h10,12-13,16,18-21,24,27H,5-9,11,14-15,17,22-23,25-26H2,1-4H3/q+1. The van der Waals surface area contributed by atoms with Gasteiger partial charge in [0, 0.05) is 5.56 Å². The van der Waals surface area contributed by atoms with Crippen molar-refractivity contribution in [2.24, 2.45) is 5.92 Å². The lowest BCUT2D eigenvalue weighted by Crippen LogP contribution is -2.44. The molecule has 4 nitrogen and oxygen atoms in total. The summed E-state index contributed by atoms with van der Waals surface area (Å²) in [5, 5.41) is 0. The quantitative estimate of drug-likeness (QED) is 0.128. The second-order valence-electron chi connectivity index (χ2n) is 10.6. The van der Waals surface area contributed by atoms with Gasteiger partial charge in [0.1, 0.15) is 18.2 Å². The molecular formula is C31H48NO3+. The van der Waals surface area contributed by atoms with Crippen molar-refractivity contribution >= 4 is 5.97 Å². The zero-order valence-corrected chi connectivity index (χ0v) is 22.6. The number of esters is 1. The Balaban J connectivity index is 1.57.